The van der Waals surface area contributed by atoms with E-state index >= 15 is 0 Å². The summed E-state index contributed by atoms with van der Waals surface area (Å²) in [5.41, 5.74) is 7.13. The third kappa shape index (κ3) is 1.63. The van der Waals surface area contributed by atoms with Crippen LogP contribution in [0.5, 0.6) is 0 Å². The van der Waals surface area contributed by atoms with Gasteiger partial charge in [0.25, 0.3) is 0 Å². The molecule has 0 radical (unpaired) electrons. The van der Waals surface area contributed by atoms with Crippen molar-refractivity contribution in [3.63, 3.8) is 0 Å². The zero-order valence-electron chi connectivity index (χ0n) is 7.75. The molecule has 0 saturated carbocycles. The fourth-order valence-corrected chi connectivity index (χ4v) is 2.25. The van der Waals surface area contributed by atoms with Crippen LogP contribution in [0.2, 0.25) is 0 Å². The summed E-state index contributed by atoms with van der Waals surface area (Å²) in [7, 11) is 0. The second-order valence-electron chi connectivity index (χ2n) is 3.14. The second kappa shape index (κ2) is 3.42. The molecular formula is C11H10FNS. The summed E-state index contributed by atoms with van der Waals surface area (Å²) in [6.07, 6.45) is 0. The highest BCUT2D eigenvalue weighted by Gasteiger charge is 2.05. The summed E-state index contributed by atoms with van der Waals surface area (Å²) in [4.78, 5) is 2.31. The van der Waals surface area contributed by atoms with E-state index in [1.165, 1.54) is 17.0 Å². The lowest BCUT2D eigenvalue weighted by atomic mass is 10.1. The quantitative estimate of drug-likeness (QED) is 0.712. The Morgan fingerprint density at radius 1 is 1.21 bits per heavy atom. The van der Waals surface area contributed by atoms with Gasteiger partial charge in [-0.3, -0.25) is 0 Å². The van der Waals surface area contributed by atoms with E-state index in [1.54, 1.807) is 17.4 Å². The maximum absolute atomic E-state index is 12.8. The van der Waals surface area contributed by atoms with Gasteiger partial charge in [-0.1, -0.05) is 0 Å². The van der Waals surface area contributed by atoms with Crippen molar-refractivity contribution in [1.82, 2.24) is 0 Å². The summed E-state index contributed by atoms with van der Waals surface area (Å²) in [6.45, 7) is 2.04. The molecule has 3 heteroatoms. The summed E-state index contributed by atoms with van der Waals surface area (Å²) < 4.78 is 12.8. The van der Waals surface area contributed by atoms with E-state index < -0.39 is 0 Å². The molecule has 0 fully saturated rings. The molecule has 2 N–H and O–H groups in total. The molecule has 0 spiro atoms. The predicted octanol–water partition coefficient (Wildman–Crippen LogP) is 3.44. The summed E-state index contributed by atoms with van der Waals surface area (Å²) in [5.74, 6) is -0.292. The number of aryl methyl sites for hydroxylation is 1. The monoisotopic (exact) mass is 207 g/mol. The highest BCUT2D eigenvalue weighted by Crippen LogP contribution is 2.31. The first-order chi connectivity index (χ1) is 6.66. The van der Waals surface area contributed by atoms with Gasteiger partial charge in [-0.25, -0.2) is 4.39 Å². The van der Waals surface area contributed by atoms with E-state index in [-0.39, 0.29) is 5.82 Å². The van der Waals surface area contributed by atoms with Crippen LogP contribution in [0.4, 0.5) is 10.1 Å². The van der Waals surface area contributed by atoms with E-state index in [4.69, 9.17) is 5.73 Å². The first-order valence-electron chi connectivity index (χ1n) is 4.28. The smallest absolute Gasteiger partial charge is 0.125 e. The first kappa shape index (κ1) is 9.21. The number of nitrogens with two attached hydrogens (primary N) is 1. The highest BCUT2D eigenvalue weighted by molar-refractivity contribution is 7.15. The van der Waals surface area contributed by atoms with Gasteiger partial charge in [-0.05, 0) is 37.3 Å². The Kier molecular flexibility index (Phi) is 2.25. The SMILES string of the molecule is Cc1ccc(-c2ccc(F)cc2N)s1. The summed E-state index contributed by atoms with van der Waals surface area (Å²) in [5, 5.41) is 0. The number of hydrogen-bond donors (Lipinski definition) is 1. The fraction of sp³-hybridized carbons (Fsp3) is 0.0909. The minimum absolute atomic E-state index is 0.292. The second-order valence-corrected chi connectivity index (χ2v) is 4.43. The number of rotatable bonds is 1. The molecule has 2 rings (SSSR count). The molecule has 1 heterocycles. The maximum atomic E-state index is 12.8. The lowest BCUT2D eigenvalue weighted by molar-refractivity contribution is 0.628. The Hall–Kier alpha value is -1.35. The van der Waals surface area contributed by atoms with Crippen LogP contribution < -0.4 is 5.73 Å². The van der Waals surface area contributed by atoms with Crippen LogP contribution >= 0.6 is 11.3 Å². The zero-order chi connectivity index (χ0) is 10.1. The average Bonchev–Trinajstić information content (AvgIpc) is 2.51. The number of halogens is 1. The maximum Gasteiger partial charge on any atom is 0.125 e. The third-order valence-corrected chi connectivity index (χ3v) is 3.05. The standard InChI is InChI=1S/C11H10FNS/c1-7-2-5-11(14-7)9-4-3-8(12)6-10(9)13/h2-6H,13H2,1H3. The van der Waals surface area contributed by atoms with E-state index in [9.17, 15) is 4.39 Å². The molecule has 0 aliphatic heterocycles. The lowest BCUT2D eigenvalue weighted by Crippen LogP contribution is -1.89. The molecular weight excluding hydrogens is 197 g/mol. The van der Waals surface area contributed by atoms with Gasteiger partial charge in [0.15, 0.2) is 0 Å². The van der Waals surface area contributed by atoms with Crippen molar-refractivity contribution in [2.75, 3.05) is 5.73 Å². The Morgan fingerprint density at radius 2 is 2.00 bits per heavy atom. The van der Waals surface area contributed by atoms with Crippen molar-refractivity contribution in [2.24, 2.45) is 0 Å². The Balaban J connectivity index is 2.52. The Labute approximate surface area is 86.0 Å². The van der Waals surface area contributed by atoms with Crippen LogP contribution in [0, 0.1) is 12.7 Å². The van der Waals surface area contributed by atoms with Crippen molar-refractivity contribution in [1.29, 1.82) is 0 Å². The van der Waals surface area contributed by atoms with Gasteiger partial charge in [0.1, 0.15) is 5.82 Å². The lowest BCUT2D eigenvalue weighted by Gasteiger charge is -2.02. The average molecular weight is 207 g/mol. The van der Waals surface area contributed by atoms with Gasteiger partial charge in [-0.2, -0.15) is 0 Å². The Bertz CT molecular complexity index is 462. The van der Waals surface area contributed by atoms with E-state index in [0.29, 0.717) is 5.69 Å². The van der Waals surface area contributed by atoms with E-state index in [0.717, 1.165) is 10.4 Å². The molecule has 1 aromatic heterocycles. The Morgan fingerprint density at radius 3 is 2.57 bits per heavy atom. The van der Waals surface area contributed by atoms with Crippen LogP contribution in [-0.2, 0) is 0 Å². The number of anilines is 1. The normalized spacial score (nSPS) is 10.4. The largest absolute Gasteiger partial charge is 0.398 e. The highest BCUT2D eigenvalue weighted by atomic mass is 32.1. The van der Waals surface area contributed by atoms with Gasteiger partial charge >= 0.3 is 0 Å². The molecule has 1 nitrogen and oxygen atoms in total. The predicted molar refractivity (Wildman–Crippen MR) is 58.9 cm³/mol. The third-order valence-electron chi connectivity index (χ3n) is 2.02. The number of hydrogen-bond acceptors (Lipinski definition) is 2. The molecule has 1 aromatic carbocycles. The molecule has 0 unspecified atom stereocenters. The summed E-state index contributed by atoms with van der Waals surface area (Å²) in [6, 6.07) is 8.54. The van der Waals surface area contributed by atoms with Crippen molar-refractivity contribution in [3.8, 4) is 10.4 Å². The molecule has 2 aromatic rings. The van der Waals surface area contributed by atoms with Gasteiger partial charge in [0.2, 0.25) is 0 Å². The molecule has 0 aliphatic rings. The number of thiophene rings is 1. The first-order valence-corrected chi connectivity index (χ1v) is 5.10. The molecule has 0 aliphatic carbocycles. The topological polar surface area (TPSA) is 26.0 Å². The zero-order valence-corrected chi connectivity index (χ0v) is 8.57. The van der Waals surface area contributed by atoms with Crippen LogP contribution in [0.1, 0.15) is 4.88 Å². The molecule has 0 amide bonds. The number of benzene rings is 1. The van der Waals surface area contributed by atoms with Crippen molar-refractivity contribution < 1.29 is 4.39 Å². The minimum Gasteiger partial charge on any atom is -0.398 e. The van der Waals surface area contributed by atoms with Crippen molar-refractivity contribution >= 4 is 17.0 Å². The molecule has 72 valence electrons. The van der Waals surface area contributed by atoms with E-state index in [1.807, 2.05) is 19.1 Å². The van der Waals surface area contributed by atoms with Crippen LogP contribution in [0.15, 0.2) is 30.3 Å². The van der Waals surface area contributed by atoms with Gasteiger partial charge in [0.05, 0.1) is 0 Å². The van der Waals surface area contributed by atoms with Crippen molar-refractivity contribution in [2.45, 2.75) is 6.92 Å². The molecule has 0 atom stereocenters. The van der Waals surface area contributed by atoms with Crippen molar-refractivity contribution in [3.05, 3.63) is 41.0 Å². The van der Waals surface area contributed by atoms with Gasteiger partial charge < -0.3 is 5.73 Å². The molecule has 0 bridgehead atoms. The minimum atomic E-state index is -0.292. The fourth-order valence-electron chi connectivity index (χ4n) is 1.34. The molecule has 14 heavy (non-hydrogen) atoms. The van der Waals surface area contributed by atoms with Crippen LogP contribution in [0.25, 0.3) is 10.4 Å². The number of nitrogen functional groups attached to an aromatic ring is 1. The van der Waals surface area contributed by atoms with Crippen LogP contribution in [-0.4, -0.2) is 0 Å². The van der Waals surface area contributed by atoms with Crippen LogP contribution in [0.3, 0.4) is 0 Å². The van der Waals surface area contributed by atoms with Gasteiger partial charge in [0, 0.05) is 21.0 Å². The summed E-state index contributed by atoms with van der Waals surface area (Å²) >= 11 is 1.66. The molecule has 0 saturated heterocycles. The van der Waals surface area contributed by atoms with E-state index in [2.05, 4.69) is 0 Å². The van der Waals surface area contributed by atoms with Gasteiger partial charge in [-0.15, -0.1) is 11.3 Å².